The Kier molecular flexibility index (Phi) is 2.86. The molecule has 3 heterocycles. The van der Waals surface area contributed by atoms with E-state index in [0.717, 1.165) is 30.3 Å². The lowest BCUT2D eigenvalue weighted by atomic mass is 10.1. The second kappa shape index (κ2) is 4.39. The van der Waals surface area contributed by atoms with Crippen LogP contribution in [0.5, 0.6) is 0 Å². The van der Waals surface area contributed by atoms with Gasteiger partial charge in [0, 0.05) is 30.9 Å². The molecular weight excluding hydrogens is 250 g/mol. The highest BCUT2D eigenvalue weighted by atomic mass is 35.5. The minimum absolute atomic E-state index is 0.336. The number of fused-ring (bicyclic) bond motifs is 1. The summed E-state index contributed by atoms with van der Waals surface area (Å²) in [4.78, 5) is 6.74. The molecular formula is C12H16ClN5. The molecule has 0 spiro atoms. The monoisotopic (exact) mass is 265 g/mol. The van der Waals surface area contributed by atoms with Gasteiger partial charge in [-0.05, 0) is 19.3 Å². The molecule has 1 aliphatic heterocycles. The van der Waals surface area contributed by atoms with E-state index in [4.69, 9.17) is 11.6 Å². The maximum Gasteiger partial charge on any atom is 0.203 e. The van der Waals surface area contributed by atoms with Crippen LogP contribution in [0.25, 0.3) is 5.65 Å². The van der Waals surface area contributed by atoms with Gasteiger partial charge in [-0.15, -0.1) is 21.8 Å². The molecule has 5 nitrogen and oxygen atoms in total. The van der Waals surface area contributed by atoms with Crippen molar-refractivity contribution in [1.82, 2.24) is 19.6 Å². The first-order valence-electron chi connectivity index (χ1n) is 6.21. The van der Waals surface area contributed by atoms with Crippen molar-refractivity contribution >= 4 is 23.1 Å². The second-order valence-corrected chi connectivity index (χ2v) is 5.18. The standard InChI is InChI=1S/C12H16ClN5/c1-8-3-5-18(10(8)7-13)11-12-16-15-9(2)17(12)6-4-14-11/h4,6,8,10H,3,5,7H2,1-2H3. The van der Waals surface area contributed by atoms with E-state index in [1.165, 1.54) is 0 Å². The highest BCUT2D eigenvalue weighted by Gasteiger charge is 2.32. The third kappa shape index (κ3) is 1.65. The van der Waals surface area contributed by atoms with E-state index in [1.54, 1.807) is 6.20 Å². The number of anilines is 1. The van der Waals surface area contributed by atoms with Gasteiger partial charge >= 0.3 is 0 Å². The lowest BCUT2D eigenvalue weighted by molar-refractivity contribution is 0.549. The molecule has 1 saturated heterocycles. The van der Waals surface area contributed by atoms with Crippen LogP contribution in [0.4, 0.5) is 5.82 Å². The average Bonchev–Trinajstić information content (AvgIpc) is 2.93. The molecule has 0 aromatic carbocycles. The third-order valence-electron chi connectivity index (χ3n) is 3.79. The van der Waals surface area contributed by atoms with Crippen LogP contribution in [-0.2, 0) is 0 Å². The molecule has 0 N–H and O–H groups in total. The Morgan fingerprint density at radius 1 is 1.44 bits per heavy atom. The molecule has 6 heteroatoms. The highest BCUT2D eigenvalue weighted by molar-refractivity contribution is 6.18. The quantitative estimate of drug-likeness (QED) is 0.778. The molecule has 96 valence electrons. The van der Waals surface area contributed by atoms with Gasteiger partial charge in [0.05, 0.1) is 0 Å². The molecule has 3 rings (SSSR count). The van der Waals surface area contributed by atoms with Gasteiger partial charge in [0.2, 0.25) is 5.65 Å². The molecule has 0 bridgehead atoms. The largest absolute Gasteiger partial charge is 0.349 e. The van der Waals surface area contributed by atoms with Crippen LogP contribution in [0.15, 0.2) is 12.4 Å². The molecule has 0 radical (unpaired) electrons. The lowest BCUT2D eigenvalue weighted by Crippen LogP contribution is -2.34. The molecule has 0 aliphatic carbocycles. The van der Waals surface area contributed by atoms with Crippen molar-refractivity contribution in [2.75, 3.05) is 17.3 Å². The summed E-state index contributed by atoms with van der Waals surface area (Å²) >= 11 is 6.09. The summed E-state index contributed by atoms with van der Waals surface area (Å²) < 4.78 is 1.97. The predicted octanol–water partition coefficient (Wildman–Crippen LogP) is 1.89. The first kappa shape index (κ1) is 11.7. The van der Waals surface area contributed by atoms with Crippen LogP contribution in [0, 0.1) is 12.8 Å². The van der Waals surface area contributed by atoms with Crippen LogP contribution < -0.4 is 4.90 Å². The first-order valence-corrected chi connectivity index (χ1v) is 6.74. The normalized spacial score (nSPS) is 24.1. The molecule has 1 aliphatic rings. The van der Waals surface area contributed by atoms with Crippen LogP contribution in [-0.4, -0.2) is 38.0 Å². The van der Waals surface area contributed by atoms with Crippen LogP contribution in [0.1, 0.15) is 19.2 Å². The van der Waals surface area contributed by atoms with E-state index in [1.807, 2.05) is 17.5 Å². The summed E-state index contributed by atoms with van der Waals surface area (Å²) in [5.74, 6) is 2.99. The Hall–Kier alpha value is -1.36. The van der Waals surface area contributed by atoms with Crippen molar-refractivity contribution in [1.29, 1.82) is 0 Å². The Morgan fingerprint density at radius 2 is 2.28 bits per heavy atom. The van der Waals surface area contributed by atoms with Gasteiger partial charge in [0.1, 0.15) is 5.82 Å². The van der Waals surface area contributed by atoms with E-state index in [9.17, 15) is 0 Å². The van der Waals surface area contributed by atoms with Gasteiger partial charge in [0.25, 0.3) is 0 Å². The molecule has 1 fully saturated rings. The Labute approximate surface area is 111 Å². The van der Waals surface area contributed by atoms with E-state index >= 15 is 0 Å². The number of aryl methyl sites for hydroxylation is 1. The summed E-state index contributed by atoms with van der Waals surface area (Å²) in [6.07, 6.45) is 4.84. The minimum atomic E-state index is 0.336. The van der Waals surface area contributed by atoms with Gasteiger partial charge < -0.3 is 4.90 Å². The zero-order chi connectivity index (χ0) is 12.7. The summed E-state index contributed by atoms with van der Waals surface area (Å²) in [7, 11) is 0. The molecule has 0 saturated carbocycles. The smallest absolute Gasteiger partial charge is 0.203 e. The molecule has 2 atom stereocenters. The number of rotatable bonds is 2. The van der Waals surface area contributed by atoms with Gasteiger partial charge in [0.15, 0.2) is 5.82 Å². The molecule has 18 heavy (non-hydrogen) atoms. The van der Waals surface area contributed by atoms with E-state index in [2.05, 4.69) is 27.0 Å². The third-order valence-corrected chi connectivity index (χ3v) is 4.11. The van der Waals surface area contributed by atoms with Crippen LogP contribution >= 0.6 is 11.6 Å². The Bertz CT molecular complexity index is 567. The zero-order valence-corrected chi connectivity index (χ0v) is 11.3. The second-order valence-electron chi connectivity index (χ2n) is 4.87. The van der Waals surface area contributed by atoms with Crippen molar-refractivity contribution in [3.8, 4) is 0 Å². The summed E-state index contributed by atoms with van der Waals surface area (Å²) in [5, 5.41) is 8.33. The molecule has 0 amide bonds. The van der Waals surface area contributed by atoms with Crippen LogP contribution in [0.3, 0.4) is 0 Å². The maximum atomic E-state index is 6.09. The fraction of sp³-hybridized carbons (Fsp3) is 0.583. The van der Waals surface area contributed by atoms with E-state index in [-0.39, 0.29) is 0 Å². The molecule has 2 aromatic heterocycles. The Balaban J connectivity index is 2.09. The highest BCUT2D eigenvalue weighted by Crippen LogP contribution is 2.30. The molecule has 2 aromatic rings. The number of aromatic nitrogens is 4. The SMILES string of the molecule is Cc1nnc2c(N3CCC(C)C3CCl)nccn12. The van der Waals surface area contributed by atoms with Crippen molar-refractivity contribution < 1.29 is 0 Å². The van der Waals surface area contributed by atoms with Crippen molar-refractivity contribution in [3.63, 3.8) is 0 Å². The van der Waals surface area contributed by atoms with Gasteiger partial charge in [-0.25, -0.2) is 4.98 Å². The number of hydrogen-bond acceptors (Lipinski definition) is 4. The number of nitrogens with zero attached hydrogens (tertiary/aromatic N) is 5. The summed E-state index contributed by atoms with van der Waals surface area (Å²) in [5.41, 5.74) is 0.819. The van der Waals surface area contributed by atoms with Gasteiger partial charge in [-0.2, -0.15) is 0 Å². The Morgan fingerprint density at radius 3 is 3.06 bits per heavy atom. The lowest BCUT2D eigenvalue weighted by Gasteiger charge is -2.26. The number of halogens is 1. The number of alkyl halides is 1. The topological polar surface area (TPSA) is 46.3 Å². The minimum Gasteiger partial charge on any atom is -0.349 e. The van der Waals surface area contributed by atoms with Crippen molar-refractivity contribution in [2.24, 2.45) is 5.92 Å². The fourth-order valence-electron chi connectivity index (χ4n) is 2.64. The summed E-state index contributed by atoms with van der Waals surface area (Å²) in [6, 6.07) is 0.336. The van der Waals surface area contributed by atoms with Gasteiger partial charge in [-0.1, -0.05) is 6.92 Å². The van der Waals surface area contributed by atoms with Crippen molar-refractivity contribution in [3.05, 3.63) is 18.2 Å². The predicted molar refractivity (Wildman–Crippen MR) is 71.2 cm³/mol. The average molecular weight is 266 g/mol. The van der Waals surface area contributed by atoms with Crippen molar-refractivity contribution in [2.45, 2.75) is 26.3 Å². The zero-order valence-electron chi connectivity index (χ0n) is 10.5. The number of hydrogen-bond donors (Lipinski definition) is 0. The first-order chi connectivity index (χ1) is 8.72. The summed E-state index contributed by atoms with van der Waals surface area (Å²) in [6.45, 7) is 5.16. The maximum absolute atomic E-state index is 6.09. The van der Waals surface area contributed by atoms with E-state index < -0.39 is 0 Å². The van der Waals surface area contributed by atoms with Crippen LogP contribution in [0.2, 0.25) is 0 Å². The van der Waals surface area contributed by atoms with E-state index in [0.29, 0.717) is 17.8 Å². The molecule has 2 unspecified atom stereocenters. The van der Waals surface area contributed by atoms with Gasteiger partial charge in [-0.3, -0.25) is 4.40 Å². The fourth-order valence-corrected chi connectivity index (χ4v) is 3.11.